The van der Waals surface area contributed by atoms with Crippen molar-refractivity contribution in [2.75, 3.05) is 0 Å². The van der Waals surface area contributed by atoms with Gasteiger partial charge in [0.2, 0.25) is 0 Å². The number of benzene rings is 2. The molecule has 0 unspecified atom stereocenters. The molecule has 50 heavy (non-hydrogen) atoms. The second-order valence-electron chi connectivity index (χ2n) is 14.5. The number of aromatic nitrogens is 2. The van der Waals surface area contributed by atoms with E-state index in [4.69, 9.17) is 4.98 Å². The average molecular weight is 882 g/mol. The fourth-order valence-electron chi connectivity index (χ4n) is 6.02. The molecule has 265 valence electrons. The van der Waals surface area contributed by atoms with Crippen LogP contribution >= 0.6 is 22.7 Å². The number of hydrogen-bond donors (Lipinski definition) is 1. The summed E-state index contributed by atoms with van der Waals surface area (Å²) in [4.78, 5) is 22.7. The molecule has 4 nitrogen and oxygen atoms in total. The van der Waals surface area contributed by atoms with Gasteiger partial charge in [-0.1, -0.05) is 91.5 Å². The Morgan fingerprint density at radius 1 is 0.860 bits per heavy atom. The van der Waals surface area contributed by atoms with Crippen molar-refractivity contribution in [3.05, 3.63) is 96.0 Å². The van der Waals surface area contributed by atoms with E-state index in [2.05, 4.69) is 85.7 Å². The number of ketones is 1. The molecule has 0 atom stereocenters. The van der Waals surface area contributed by atoms with E-state index >= 15 is 0 Å². The summed E-state index contributed by atoms with van der Waals surface area (Å²) >= 11 is 3.56. The van der Waals surface area contributed by atoms with Crippen molar-refractivity contribution in [2.45, 2.75) is 93.4 Å². The molecule has 6 rings (SSSR count). The van der Waals surface area contributed by atoms with Crippen molar-refractivity contribution in [1.29, 1.82) is 0 Å². The molecule has 1 N–H and O–H groups in total. The largest absolute Gasteiger partial charge is 0.512 e. The number of allylic oxidation sites excluding steroid dienone is 2. The summed E-state index contributed by atoms with van der Waals surface area (Å²) in [6, 6.07) is 21.0. The monoisotopic (exact) mass is 882 g/mol. The Labute approximate surface area is 319 Å². The molecule has 0 aliphatic rings. The van der Waals surface area contributed by atoms with Crippen LogP contribution in [0.1, 0.15) is 93.6 Å². The van der Waals surface area contributed by atoms with E-state index in [-0.39, 0.29) is 47.9 Å². The van der Waals surface area contributed by atoms with Crippen molar-refractivity contribution >= 4 is 59.4 Å². The number of nitrogens with zero attached hydrogens (tertiary/aromatic N) is 2. The zero-order valence-electron chi connectivity index (χ0n) is 30.7. The predicted molar refractivity (Wildman–Crippen MR) is 212 cm³/mol. The molecule has 0 aliphatic carbocycles. The number of fused-ring (bicyclic) bond motifs is 3. The third-order valence-electron chi connectivity index (χ3n) is 10.5. The first-order chi connectivity index (χ1) is 23.3. The fraction of sp³-hybridized carbons (Fsp3) is 0.372. The molecule has 6 aromatic rings. The number of carbonyl (C=O) groups excluding carboxylic acids is 1. The fourth-order valence-corrected chi connectivity index (χ4v) is 8.15. The van der Waals surface area contributed by atoms with Crippen molar-refractivity contribution in [1.82, 2.24) is 9.97 Å². The summed E-state index contributed by atoms with van der Waals surface area (Å²) in [7, 11) is 0. The van der Waals surface area contributed by atoms with Gasteiger partial charge in [-0.15, -0.1) is 51.8 Å². The van der Waals surface area contributed by atoms with Crippen LogP contribution in [0, 0.1) is 16.9 Å². The Morgan fingerprint density at radius 3 is 2.20 bits per heavy atom. The maximum atomic E-state index is 12.2. The summed E-state index contributed by atoms with van der Waals surface area (Å²) < 4.78 is 2.48. The van der Waals surface area contributed by atoms with Crippen LogP contribution in [0.4, 0.5) is 0 Å². The van der Waals surface area contributed by atoms with Crippen LogP contribution in [0.5, 0.6) is 0 Å². The Kier molecular flexibility index (Phi) is 12.6. The predicted octanol–water partition coefficient (Wildman–Crippen LogP) is 13.1. The SMILES string of the molecule is CC(C)(C)c1cc(-c2nccc3cc(-c4cncc5ccsc45)sc23)[c-]c2ccccc12.CCC(C)(CC)C(=O)/C=C(\O)C(C)(CC)CC.[Ir]. The van der Waals surface area contributed by atoms with Crippen LogP contribution in [0.2, 0.25) is 0 Å². The van der Waals surface area contributed by atoms with Gasteiger partial charge in [-0.3, -0.25) is 14.8 Å². The van der Waals surface area contributed by atoms with Gasteiger partial charge in [0.15, 0.2) is 5.78 Å². The number of carbonyl (C=O) groups is 1. The molecular formula is C43H49IrN2O2S2-. The number of rotatable bonds is 9. The van der Waals surface area contributed by atoms with Gasteiger partial charge in [0.05, 0.1) is 0 Å². The van der Waals surface area contributed by atoms with Gasteiger partial charge < -0.3 is 5.11 Å². The van der Waals surface area contributed by atoms with E-state index in [1.807, 2.05) is 60.1 Å². The van der Waals surface area contributed by atoms with Crippen molar-refractivity contribution in [3.63, 3.8) is 0 Å². The number of thiophene rings is 2. The molecule has 1 radical (unpaired) electrons. The van der Waals surface area contributed by atoms with Crippen molar-refractivity contribution < 1.29 is 30.0 Å². The maximum absolute atomic E-state index is 12.2. The normalized spacial score (nSPS) is 12.5. The molecule has 4 heterocycles. The zero-order chi connectivity index (χ0) is 35.6. The van der Waals surface area contributed by atoms with Gasteiger partial charge >= 0.3 is 0 Å². The van der Waals surface area contributed by atoms with E-state index in [9.17, 15) is 9.90 Å². The Hall–Kier alpha value is -3.22. The Balaban J connectivity index is 0.000000269. The van der Waals surface area contributed by atoms with Gasteiger partial charge in [0, 0.05) is 86.5 Å². The number of aliphatic hydroxyl groups excluding tert-OH is 1. The van der Waals surface area contributed by atoms with Crippen LogP contribution in [-0.4, -0.2) is 20.9 Å². The first-order valence-corrected chi connectivity index (χ1v) is 19.1. The molecule has 0 spiro atoms. The van der Waals surface area contributed by atoms with E-state index < -0.39 is 0 Å². The third kappa shape index (κ3) is 7.97. The van der Waals surface area contributed by atoms with Crippen LogP contribution in [-0.2, 0) is 30.3 Å². The van der Waals surface area contributed by atoms with Crippen LogP contribution < -0.4 is 0 Å². The van der Waals surface area contributed by atoms with Crippen LogP contribution in [0.3, 0.4) is 0 Å². The molecule has 0 bridgehead atoms. The summed E-state index contributed by atoms with van der Waals surface area (Å²) in [6.07, 6.45) is 10.6. The summed E-state index contributed by atoms with van der Waals surface area (Å²) in [5, 5.41) is 17.1. The molecule has 7 heteroatoms. The number of aliphatic hydroxyl groups is 1. The number of hydrogen-bond acceptors (Lipinski definition) is 6. The van der Waals surface area contributed by atoms with Gasteiger partial charge in [-0.05, 0) is 60.1 Å². The summed E-state index contributed by atoms with van der Waals surface area (Å²) in [5.41, 5.74) is 4.00. The smallest absolute Gasteiger partial charge is 0.164 e. The second-order valence-corrected chi connectivity index (χ2v) is 16.5. The molecule has 0 saturated carbocycles. The van der Waals surface area contributed by atoms with E-state index in [1.54, 1.807) is 22.7 Å². The van der Waals surface area contributed by atoms with Gasteiger partial charge in [-0.25, -0.2) is 0 Å². The molecule has 2 aromatic carbocycles. The quantitative estimate of drug-likeness (QED) is 0.0893. The first kappa shape index (κ1) is 39.6. The van der Waals surface area contributed by atoms with Crippen LogP contribution in [0.15, 0.2) is 84.3 Å². The molecule has 0 aliphatic heterocycles. The van der Waals surface area contributed by atoms with Crippen LogP contribution in [0.25, 0.3) is 52.6 Å². The minimum absolute atomic E-state index is 0. The Bertz CT molecular complexity index is 2130. The molecule has 0 fully saturated rings. The second kappa shape index (κ2) is 16.0. The topological polar surface area (TPSA) is 63.1 Å². The van der Waals surface area contributed by atoms with E-state index in [1.165, 1.54) is 47.6 Å². The standard InChI is InChI=1S/C28H21N2S2.C15H28O2.Ir/c1-28(2,3)23-13-20(12-17-6-4-5-7-21(17)23)25-27-18(8-10-30-25)14-24(32-27)22-16-29-15-19-9-11-31-26(19)22;1-7-14(5,8-2)12(16)11-13(17)15(6,9-3)10-4;/h4-11,13-16H,1-3H3;11,16H,7-10H2,1-6H3;/q-1;;/b;12-11-;. The van der Waals surface area contributed by atoms with Gasteiger partial charge in [0.1, 0.15) is 5.76 Å². The minimum Gasteiger partial charge on any atom is -0.512 e. The average Bonchev–Trinajstić information content (AvgIpc) is 3.78. The van der Waals surface area contributed by atoms with Gasteiger partial charge in [-0.2, -0.15) is 0 Å². The summed E-state index contributed by atoms with van der Waals surface area (Å²) in [5.74, 6) is 0.286. The third-order valence-corrected chi connectivity index (χ3v) is 12.7. The molecule has 0 saturated heterocycles. The number of pyridine rings is 2. The van der Waals surface area contributed by atoms with E-state index in [0.717, 1.165) is 42.3 Å². The first-order valence-electron chi connectivity index (χ1n) is 17.4. The summed E-state index contributed by atoms with van der Waals surface area (Å²) in [6.45, 7) is 18.9. The Morgan fingerprint density at radius 2 is 1.54 bits per heavy atom. The maximum Gasteiger partial charge on any atom is 0.164 e. The molecule has 0 amide bonds. The molecular weight excluding hydrogens is 833 g/mol. The zero-order valence-corrected chi connectivity index (χ0v) is 34.8. The minimum atomic E-state index is -0.337. The van der Waals surface area contributed by atoms with Gasteiger partial charge in [0.25, 0.3) is 0 Å². The van der Waals surface area contributed by atoms with Crippen molar-refractivity contribution in [2.24, 2.45) is 10.8 Å². The van der Waals surface area contributed by atoms with E-state index in [0.29, 0.717) is 0 Å². The molecule has 4 aromatic heterocycles. The van der Waals surface area contributed by atoms with Crippen molar-refractivity contribution in [3.8, 4) is 21.7 Å².